The number of amides is 1. The first-order chi connectivity index (χ1) is 8.50. The molecule has 18 heavy (non-hydrogen) atoms. The number of carbonyl (C=O) groups is 1. The van der Waals surface area contributed by atoms with Crippen LogP contribution in [0.15, 0.2) is 12.1 Å². The van der Waals surface area contributed by atoms with Crippen molar-refractivity contribution in [1.29, 1.82) is 0 Å². The number of nitrogens with two attached hydrogens (primary N) is 1. The van der Waals surface area contributed by atoms with E-state index in [1.165, 1.54) is 6.07 Å². The van der Waals surface area contributed by atoms with E-state index in [-0.39, 0.29) is 16.7 Å². The SMILES string of the molecule is NC(=O)CCCCNCc1cc(Cl)cc(Cl)c1O. The molecule has 1 rings (SSSR count). The fraction of sp³-hybridized carbons (Fsp3) is 0.417. The number of primary amides is 1. The number of phenols is 1. The molecular weight excluding hydrogens is 275 g/mol. The summed E-state index contributed by atoms with van der Waals surface area (Å²) in [6, 6.07) is 3.16. The highest BCUT2D eigenvalue weighted by atomic mass is 35.5. The van der Waals surface area contributed by atoms with Crippen LogP contribution >= 0.6 is 23.2 Å². The van der Waals surface area contributed by atoms with Gasteiger partial charge in [-0.05, 0) is 31.5 Å². The van der Waals surface area contributed by atoms with Crippen LogP contribution in [0.2, 0.25) is 10.0 Å². The van der Waals surface area contributed by atoms with E-state index in [0.29, 0.717) is 23.6 Å². The van der Waals surface area contributed by atoms with Gasteiger partial charge in [0.25, 0.3) is 0 Å². The normalized spacial score (nSPS) is 10.6. The number of carbonyl (C=O) groups excluding carboxylic acids is 1. The summed E-state index contributed by atoms with van der Waals surface area (Å²) >= 11 is 11.6. The number of nitrogens with one attached hydrogen (secondary N) is 1. The molecule has 0 radical (unpaired) electrons. The van der Waals surface area contributed by atoms with Gasteiger partial charge in [0.1, 0.15) is 5.75 Å². The van der Waals surface area contributed by atoms with Crippen LogP contribution in [0.3, 0.4) is 0 Å². The first-order valence-corrected chi connectivity index (χ1v) is 6.42. The van der Waals surface area contributed by atoms with Crippen LogP contribution in [-0.2, 0) is 11.3 Å². The highest BCUT2D eigenvalue weighted by molar-refractivity contribution is 6.35. The molecule has 0 aliphatic rings. The average Bonchev–Trinajstić information content (AvgIpc) is 2.29. The minimum Gasteiger partial charge on any atom is -0.506 e. The van der Waals surface area contributed by atoms with Gasteiger partial charge in [0.05, 0.1) is 5.02 Å². The Labute approximate surface area is 116 Å². The van der Waals surface area contributed by atoms with Crippen molar-refractivity contribution >= 4 is 29.1 Å². The Morgan fingerprint density at radius 2 is 2.06 bits per heavy atom. The lowest BCUT2D eigenvalue weighted by Gasteiger charge is -2.08. The van der Waals surface area contributed by atoms with E-state index in [1.807, 2.05) is 0 Å². The Balaban J connectivity index is 2.33. The monoisotopic (exact) mass is 290 g/mol. The maximum atomic E-state index is 10.5. The fourth-order valence-corrected chi connectivity index (χ4v) is 2.06. The molecule has 0 fully saturated rings. The maximum Gasteiger partial charge on any atom is 0.217 e. The third kappa shape index (κ3) is 5.12. The number of hydrogen-bond donors (Lipinski definition) is 3. The minimum atomic E-state index is -0.283. The summed E-state index contributed by atoms with van der Waals surface area (Å²) in [5, 5.41) is 13.6. The standard InChI is InChI=1S/C12H16Cl2N2O2/c13-9-5-8(12(18)10(14)6-9)7-16-4-2-1-3-11(15)17/h5-6,16,18H,1-4,7H2,(H2,15,17). The van der Waals surface area contributed by atoms with E-state index in [1.54, 1.807) is 6.07 Å². The fourth-order valence-electron chi connectivity index (χ4n) is 1.53. The number of unbranched alkanes of at least 4 members (excludes halogenated alkanes) is 1. The number of benzene rings is 1. The van der Waals surface area contributed by atoms with Crippen molar-refractivity contribution < 1.29 is 9.90 Å². The maximum absolute atomic E-state index is 10.5. The summed E-state index contributed by atoms with van der Waals surface area (Å²) < 4.78 is 0. The van der Waals surface area contributed by atoms with Gasteiger partial charge in [-0.1, -0.05) is 23.2 Å². The van der Waals surface area contributed by atoms with E-state index in [0.717, 1.165) is 19.4 Å². The highest BCUT2D eigenvalue weighted by Gasteiger charge is 2.07. The molecule has 0 saturated carbocycles. The van der Waals surface area contributed by atoms with Crippen molar-refractivity contribution in [3.63, 3.8) is 0 Å². The predicted molar refractivity (Wildman–Crippen MR) is 72.9 cm³/mol. The molecule has 0 aliphatic carbocycles. The number of rotatable bonds is 7. The van der Waals surface area contributed by atoms with Crippen molar-refractivity contribution in [2.75, 3.05) is 6.54 Å². The van der Waals surface area contributed by atoms with Gasteiger partial charge in [0.2, 0.25) is 5.91 Å². The number of hydrogen-bond acceptors (Lipinski definition) is 3. The molecule has 0 heterocycles. The first kappa shape index (κ1) is 15.1. The predicted octanol–water partition coefficient (Wildman–Crippen LogP) is 2.44. The molecule has 0 saturated heterocycles. The molecule has 0 atom stereocenters. The van der Waals surface area contributed by atoms with E-state index < -0.39 is 0 Å². The summed E-state index contributed by atoms with van der Waals surface area (Å²) in [5.41, 5.74) is 5.68. The van der Waals surface area contributed by atoms with Gasteiger partial charge in [-0.2, -0.15) is 0 Å². The molecule has 6 heteroatoms. The van der Waals surface area contributed by atoms with Gasteiger partial charge < -0.3 is 16.2 Å². The van der Waals surface area contributed by atoms with Gasteiger partial charge in [-0.25, -0.2) is 0 Å². The topological polar surface area (TPSA) is 75.4 Å². The third-order valence-corrected chi connectivity index (χ3v) is 2.96. The molecule has 100 valence electrons. The molecule has 0 bridgehead atoms. The number of aromatic hydroxyl groups is 1. The molecule has 0 aromatic heterocycles. The minimum absolute atomic E-state index is 0.0469. The van der Waals surface area contributed by atoms with Crippen LogP contribution in [0, 0.1) is 0 Å². The molecule has 1 aromatic carbocycles. The summed E-state index contributed by atoms with van der Waals surface area (Å²) in [6.45, 7) is 1.21. The Morgan fingerprint density at radius 1 is 1.33 bits per heavy atom. The van der Waals surface area contributed by atoms with Gasteiger partial charge >= 0.3 is 0 Å². The van der Waals surface area contributed by atoms with Crippen LogP contribution in [-0.4, -0.2) is 17.6 Å². The number of phenolic OH excluding ortho intramolecular Hbond substituents is 1. The molecule has 1 amide bonds. The van der Waals surface area contributed by atoms with Crippen LogP contribution in [0.4, 0.5) is 0 Å². The Kier molecular flexibility index (Phi) is 6.25. The average molecular weight is 291 g/mol. The number of halogens is 2. The third-order valence-electron chi connectivity index (χ3n) is 2.45. The summed E-state index contributed by atoms with van der Waals surface area (Å²) in [7, 11) is 0. The van der Waals surface area contributed by atoms with Crippen LogP contribution in [0.1, 0.15) is 24.8 Å². The largest absolute Gasteiger partial charge is 0.506 e. The van der Waals surface area contributed by atoms with Gasteiger partial charge in [0.15, 0.2) is 0 Å². The second kappa shape index (κ2) is 7.46. The zero-order valence-electron chi connectivity index (χ0n) is 9.88. The zero-order chi connectivity index (χ0) is 13.5. The lowest BCUT2D eigenvalue weighted by molar-refractivity contribution is -0.118. The summed E-state index contributed by atoms with van der Waals surface area (Å²) in [5.74, 6) is -0.236. The Bertz CT molecular complexity index is 425. The first-order valence-electron chi connectivity index (χ1n) is 5.66. The Morgan fingerprint density at radius 3 is 2.72 bits per heavy atom. The van der Waals surface area contributed by atoms with E-state index >= 15 is 0 Å². The van der Waals surface area contributed by atoms with Crippen LogP contribution in [0.25, 0.3) is 0 Å². The van der Waals surface area contributed by atoms with Gasteiger partial charge in [0, 0.05) is 23.6 Å². The van der Waals surface area contributed by atoms with Crippen LogP contribution in [0.5, 0.6) is 5.75 Å². The van der Waals surface area contributed by atoms with E-state index in [2.05, 4.69) is 5.32 Å². The van der Waals surface area contributed by atoms with Crippen molar-refractivity contribution in [3.8, 4) is 5.75 Å². The molecule has 0 spiro atoms. The molecule has 4 N–H and O–H groups in total. The smallest absolute Gasteiger partial charge is 0.217 e. The van der Waals surface area contributed by atoms with Gasteiger partial charge in [-0.15, -0.1) is 0 Å². The van der Waals surface area contributed by atoms with Gasteiger partial charge in [-0.3, -0.25) is 4.79 Å². The molecular formula is C12H16Cl2N2O2. The van der Waals surface area contributed by atoms with E-state index in [4.69, 9.17) is 28.9 Å². The lowest BCUT2D eigenvalue weighted by Crippen LogP contribution is -2.16. The second-order valence-corrected chi connectivity index (χ2v) is 4.84. The van der Waals surface area contributed by atoms with E-state index in [9.17, 15) is 9.90 Å². The zero-order valence-corrected chi connectivity index (χ0v) is 11.4. The highest BCUT2D eigenvalue weighted by Crippen LogP contribution is 2.30. The van der Waals surface area contributed by atoms with Crippen molar-refractivity contribution in [2.45, 2.75) is 25.8 Å². The molecule has 0 aliphatic heterocycles. The van der Waals surface area contributed by atoms with Crippen molar-refractivity contribution in [1.82, 2.24) is 5.32 Å². The Hall–Kier alpha value is -0.970. The molecule has 4 nitrogen and oxygen atoms in total. The van der Waals surface area contributed by atoms with Crippen molar-refractivity contribution in [3.05, 3.63) is 27.7 Å². The van der Waals surface area contributed by atoms with Crippen LogP contribution < -0.4 is 11.1 Å². The van der Waals surface area contributed by atoms with Crippen molar-refractivity contribution in [2.24, 2.45) is 5.73 Å². The molecule has 0 unspecified atom stereocenters. The molecule has 1 aromatic rings. The quantitative estimate of drug-likeness (QED) is 0.675. The summed E-state index contributed by atoms with van der Waals surface area (Å²) in [6.07, 6.45) is 2.00. The lowest BCUT2D eigenvalue weighted by atomic mass is 10.2. The summed E-state index contributed by atoms with van der Waals surface area (Å²) in [4.78, 5) is 10.5. The second-order valence-electron chi connectivity index (χ2n) is 4.00.